The van der Waals surface area contributed by atoms with Crippen LogP contribution in [0.4, 0.5) is 0 Å². The van der Waals surface area contributed by atoms with E-state index in [-0.39, 0.29) is 0 Å². The summed E-state index contributed by atoms with van der Waals surface area (Å²) in [5.74, 6) is 0.857. The van der Waals surface area contributed by atoms with Gasteiger partial charge in [-0.1, -0.05) is 60.7 Å². The molecule has 0 spiro atoms. The fourth-order valence-corrected chi connectivity index (χ4v) is 3.34. The van der Waals surface area contributed by atoms with Gasteiger partial charge in [0.2, 0.25) is 0 Å². The highest BCUT2D eigenvalue weighted by Crippen LogP contribution is 2.40. The molecule has 1 aliphatic carbocycles. The maximum Gasteiger partial charge on any atom is 0.0237 e. The van der Waals surface area contributed by atoms with Gasteiger partial charge in [0, 0.05) is 19.6 Å². The van der Waals surface area contributed by atoms with E-state index in [9.17, 15) is 0 Å². The summed E-state index contributed by atoms with van der Waals surface area (Å²) in [6, 6.07) is 20.1. The van der Waals surface area contributed by atoms with E-state index in [1.54, 1.807) is 0 Å². The molecule has 1 heterocycles. The van der Waals surface area contributed by atoms with E-state index in [4.69, 9.17) is 0 Å². The molecule has 2 aliphatic rings. The molecule has 1 heteroatoms. The third-order valence-corrected chi connectivity index (χ3v) is 4.87. The van der Waals surface area contributed by atoms with E-state index in [0.29, 0.717) is 0 Å². The second-order valence-corrected chi connectivity index (χ2v) is 6.60. The Morgan fingerprint density at radius 2 is 1.68 bits per heavy atom. The lowest BCUT2D eigenvalue weighted by molar-refractivity contribution is 0.294. The normalized spacial score (nSPS) is 19.0. The predicted molar refractivity (Wildman–Crippen MR) is 92.7 cm³/mol. The van der Waals surface area contributed by atoms with Crippen molar-refractivity contribution in [2.45, 2.75) is 31.7 Å². The Kier molecular flexibility index (Phi) is 3.82. The maximum atomic E-state index is 2.53. The Hall–Kier alpha value is -1.86. The van der Waals surface area contributed by atoms with Crippen LogP contribution in [0.2, 0.25) is 0 Å². The summed E-state index contributed by atoms with van der Waals surface area (Å²) in [5, 5.41) is 0. The Morgan fingerprint density at radius 3 is 2.32 bits per heavy atom. The van der Waals surface area contributed by atoms with Crippen LogP contribution >= 0.6 is 0 Å². The van der Waals surface area contributed by atoms with E-state index in [1.165, 1.54) is 35.1 Å². The number of rotatable bonds is 4. The highest BCUT2D eigenvalue weighted by Gasteiger charge is 2.23. The van der Waals surface area contributed by atoms with Gasteiger partial charge in [-0.3, -0.25) is 4.90 Å². The van der Waals surface area contributed by atoms with Crippen LogP contribution < -0.4 is 0 Å². The van der Waals surface area contributed by atoms with Crippen LogP contribution in [0.5, 0.6) is 0 Å². The summed E-state index contributed by atoms with van der Waals surface area (Å²) in [6.07, 6.45) is 6.35. The van der Waals surface area contributed by atoms with Crippen molar-refractivity contribution in [1.82, 2.24) is 4.90 Å². The Morgan fingerprint density at radius 1 is 0.909 bits per heavy atom. The SMILES string of the molecule is C1=C(c2ccc(C3CC3)cc2)CCN(Cc2ccccc2)C1. The first-order valence-corrected chi connectivity index (χ1v) is 8.44. The van der Waals surface area contributed by atoms with Crippen molar-refractivity contribution in [3.63, 3.8) is 0 Å². The fourth-order valence-electron chi connectivity index (χ4n) is 3.34. The van der Waals surface area contributed by atoms with Gasteiger partial charge in [0.15, 0.2) is 0 Å². The maximum absolute atomic E-state index is 2.53. The molecule has 0 saturated heterocycles. The van der Waals surface area contributed by atoms with E-state index in [1.807, 2.05) is 0 Å². The second-order valence-electron chi connectivity index (χ2n) is 6.60. The lowest BCUT2D eigenvalue weighted by atomic mass is 9.97. The molecular weight excluding hydrogens is 266 g/mol. The minimum Gasteiger partial charge on any atom is -0.295 e. The lowest BCUT2D eigenvalue weighted by Crippen LogP contribution is -2.27. The van der Waals surface area contributed by atoms with Crippen LogP contribution in [0.15, 0.2) is 60.7 Å². The Balaban J connectivity index is 1.40. The second kappa shape index (κ2) is 6.10. The Bertz CT molecular complexity index is 650. The summed E-state index contributed by atoms with van der Waals surface area (Å²) in [7, 11) is 0. The molecule has 0 atom stereocenters. The molecule has 2 aromatic carbocycles. The minimum absolute atomic E-state index is 0.857. The van der Waals surface area contributed by atoms with Crippen LogP contribution in [0, 0.1) is 0 Å². The smallest absolute Gasteiger partial charge is 0.0237 e. The zero-order chi connectivity index (χ0) is 14.8. The molecule has 1 fully saturated rings. The van der Waals surface area contributed by atoms with Gasteiger partial charge in [0.1, 0.15) is 0 Å². The van der Waals surface area contributed by atoms with Gasteiger partial charge < -0.3 is 0 Å². The molecule has 1 aliphatic heterocycles. The minimum atomic E-state index is 0.857. The van der Waals surface area contributed by atoms with Crippen molar-refractivity contribution in [1.29, 1.82) is 0 Å². The standard InChI is InChI=1S/C21H23N/c1-2-4-17(5-3-1)16-22-14-12-21(13-15-22)20-10-8-19(9-11-20)18-6-7-18/h1-5,8-12,18H,6-7,13-16H2. The Labute approximate surface area is 133 Å². The van der Waals surface area contributed by atoms with Crippen molar-refractivity contribution in [2.24, 2.45) is 0 Å². The van der Waals surface area contributed by atoms with E-state index in [0.717, 1.165) is 32.0 Å². The van der Waals surface area contributed by atoms with Crippen LogP contribution in [-0.2, 0) is 6.54 Å². The molecule has 0 N–H and O–H groups in total. The van der Waals surface area contributed by atoms with Gasteiger partial charge in [0.25, 0.3) is 0 Å². The third kappa shape index (κ3) is 3.15. The molecule has 0 aromatic heterocycles. The van der Waals surface area contributed by atoms with Crippen LogP contribution in [0.3, 0.4) is 0 Å². The van der Waals surface area contributed by atoms with Crippen LogP contribution in [0.25, 0.3) is 5.57 Å². The molecule has 22 heavy (non-hydrogen) atoms. The molecule has 2 aromatic rings. The highest BCUT2D eigenvalue weighted by atomic mass is 15.1. The molecule has 0 bridgehead atoms. The average Bonchev–Trinajstić information content (AvgIpc) is 3.42. The molecule has 1 saturated carbocycles. The van der Waals surface area contributed by atoms with Gasteiger partial charge in [-0.15, -0.1) is 0 Å². The number of hydrogen-bond acceptors (Lipinski definition) is 1. The molecule has 0 radical (unpaired) electrons. The molecule has 1 nitrogen and oxygen atoms in total. The molecule has 0 amide bonds. The first kappa shape index (κ1) is 13.8. The quantitative estimate of drug-likeness (QED) is 0.777. The van der Waals surface area contributed by atoms with Gasteiger partial charge >= 0.3 is 0 Å². The van der Waals surface area contributed by atoms with Gasteiger partial charge in [-0.05, 0) is 47.4 Å². The van der Waals surface area contributed by atoms with Gasteiger partial charge in [-0.25, -0.2) is 0 Å². The van der Waals surface area contributed by atoms with Gasteiger partial charge in [0.05, 0.1) is 0 Å². The van der Waals surface area contributed by atoms with Crippen molar-refractivity contribution < 1.29 is 0 Å². The third-order valence-electron chi connectivity index (χ3n) is 4.87. The molecule has 112 valence electrons. The van der Waals surface area contributed by atoms with Crippen molar-refractivity contribution in [3.05, 3.63) is 77.4 Å². The van der Waals surface area contributed by atoms with Crippen molar-refractivity contribution in [2.75, 3.05) is 13.1 Å². The molecule has 4 rings (SSSR count). The number of nitrogens with zero attached hydrogens (tertiary/aromatic N) is 1. The van der Waals surface area contributed by atoms with Crippen LogP contribution in [0.1, 0.15) is 41.9 Å². The summed E-state index contributed by atoms with van der Waals surface area (Å²) < 4.78 is 0. The predicted octanol–water partition coefficient (Wildman–Crippen LogP) is 4.85. The fraction of sp³-hybridized carbons (Fsp3) is 0.333. The number of hydrogen-bond donors (Lipinski definition) is 0. The van der Waals surface area contributed by atoms with Crippen molar-refractivity contribution >= 4 is 5.57 Å². The molecular formula is C21H23N. The summed E-state index contributed by atoms with van der Waals surface area (Å²) in [4.78, 5) is 2.53. The average molecular weight is 289 g/mol. The monoisotopic (exact) mass is 289 g/mol. The van der Waals surface area contributed by atoms with E-state index >= 15 is 0 Å². The molecule has 0 unspecified atom stereocenters. The first-order valence-electron chi connectivity index (χ1n) is 8.44. The van der Waals surface area contributed by atoms with E-state index < -0.39 is 0 Å². The largest absolute Gasteiger partial charge is 0.295 e. The number of benzene rings is 2. The van der Waals surface area contributed by atoms with Crippen LogP contribution in [-0.4, -0.2) is 18.0 Å². The zero-order valence-corrected chi connectivity index (χ0v) is 13.0. The summed E-state index contributed by atoms with van der Waals surface area (Å²) >= 11 is 0. The van der Waals surface area contributed by atoms with E-state index in [2.05, 4.69) is 65.6 Å². The summed E-state index contributed by atoms with van der Waals surface area (Å²) in [6.45, 7) is 3.28. The first-order chi connectivity index (χ1) is 10.9. The van der Waals surface area contributed by atoms with Gasteiger partial charge in [-0.2, -0.15) is 0 Å². The zero-order valence-electron chi connectivity index (χ0n) is 13.0. The van der Waals surface area contributed by atoms with Crippen molar-refractivity contribution in [3.8, 4) is 0 Å². The lowest BCUT2D eigenvalue weighted by Gasteiger charge is -2.26. The topological polar surface area (TPSA) is 3.24 Å². The summed E-state index contributed by atoms with van der Waals surface area (Å²) in [5.41, 5.74) is 5.88. The highest BCUT2D eigenvalue weighted by molar-refractivity contribution is 5.66.